The molecule has 0 radical (unpaired) electrons. The SMILES string of the molecule is COc1cc(OC)c(OC)cc1/C=N/NC(=O)c1ccc([N+](=O)[O-])c(C)c1. The average Bonchev–Trinajstić information content (AvgIpc) is 2.66. The van der Waals surface area contributed by atoms with Gasteiger partial charge in [0.05, 0.1) is 32.5 Å². The zero-order valence-electron chi connectivity index (χ0n) is 15.3. The van der Waals surface area contributed by atoms with Crippen LogP contribution in [0.3, 0.4) is 0 Å². The van der Waals surface area contributed by atoms with Crippen LogP contribution in [0.2, 0.25) is 0 Å². The van der Waals surface area contributed by atoms with Crippen LogP contribution in [-0.2, 0) is 0 Å². The molecule has 27 heavy (non-hydrogen) atoms. The minimum absolute atomic E-state index is 0.0508. The number of nitrogens with zero attached hydrogens (tertiary/aromatic N) is 2. The number of nitrogens with one attached hydrogen (secondary N) is 1. The highest BCUT2D eigenvalue weighted by atomic mass is 16.6. The van der Waals surface area contributed by atoms with Crippen LogP contribution >= 0.6 is 0 Å². The number of nitro groups is 1. The van der Waals surface area contributed by atoms with E-state index in [0.717, 1.165) is 0 Å². The van der Waals surface area contributed by atoms with Crippen LogP contribution in [-0.4, -0.2) is 38.4 Å². The van der Waals surface area contributed by atoms with Crippen LogP contribution in [0.4, 0.5) is 5.69 Å². The van der Waals surface area contributed by atoms with Gasteiger partial charge in [-0.15, -0.1) is 0 Å². The minimum atomic E-state index is -0.501. The second-order valence-corrected chi connectivity index (χ2v) is 5.41. The molecular formula is C18H19N3O6. The molecule has 0 heterocycles. The van der Waals surface area contributed by atoms with Gasteiger partial charge < -0.3 is 14.2 Å². The Labute approximate surface area is 155 Å². The Balaban J connectivity index is 2.18. The van der Waals surface area contributed by atoms with Gasteiger partial charge in [-0.3, -0.25) is 14.9 Å². The van der Waals surface area contributed by atoms with E-state index in [2.05, 4.69) is 10.5 Å². The van der Waals surface area contributed by atoms with Crippen molar-refractivity contribution in [3.05, 3.63) is 57.1 Å². The van der Waals surface area contributed by atoms with Crippen molar-refractivity contribution in [3.8, 4) is 17.2 Å². The first kappa shape index (κ1) is 19.7. The number of hydrogen-bond acceptors (Lipinski definition) is 7. The van der Waals surface area contributed by atoms with E-state index in [0.29, 0.717) is 28.4 Å². The normalized spacial score (nSPS) is 10.5. The molecule has 0 aliphatic carbocycles. The molecule has 1 amide bonds. The van der Waals surface area contributed by atoms with E-state index in [9.17, 15) is 14.9 Å². The summed E-state index contributed by atoms with van der Waals surface area (Å²) in [5.41, 5.74) is 3.53. The quantitative estimate of drug-likeness (QED) is 0.454. The van der Waals surface area contributed by atoms with Crippen LogP contribution in [0, 0.1) is 17.0 Å². The van der Waals surface area contributed by atoms with Crippen molar-refractivity contribution in [3.63, 3.8) is 0 Å². The zero-order valence-corrected chi connectivity index (χ0v) is 15.3. The molecule has 0 aromatic heterocycles. The first-order valence-electron chi connectivity index (χ1n) is 7.79. The van der Waals surface area contributed by atoms with Crippen molar-refractivity contribution in [1.82, 2.24) is 5.43 Å². The summed E-state index contributed by atoms with van der Waals surface area (Å²) in [5, 5.41) is 14.8. The number of nitro benzene ring substituents is 1. The second-order valence-electron chi connectivity index (χ2n) is 5.41. The fourth-order valence-corrected chi connectivity index (χ4v) is 2.38. The molecule has 142 valence electrons. The minimum Gasteiger partial charge on any atom is -0.496 e. The summed E-state index contributed by atoms with van der Waals surface area (Å²) >= 11 is 0. The van der Waals surface area contributed by atoms with Gasteiger partial charge in [-0.05, 0) is 25.1 Å². The average molecular weight is 373 g/mol. The summed E-state index contributed by atoms with van der Waals surface area (Å²) in [6, 6.07) is 7.38. The van der Waals surface area contributed by atoms with Gasteiger partial charge >= 0.3 is 0 Å². The summed E-state index contributed by atoms with van der Waals surface area (Å²) < 4.78 is 15.7. The lowest BCUT2D eigenvalue weighted by Gasteiger charge is -2.11. The highest BCUT2D eigenvalue weighted by Gasteiger charge is 2.14. The maximum atomic E-state index is 12.2. The number of rotatable bonds is 7. The molecule has 0 unspecified atom stereocenters. The molecule has 0 saturated carbocycles. The number of carbonyl (C=O) groups excluding carboxylic acids is 1. The van der Waals surface area contributed by atoms with Crippen LogP contribution in [0.5, 0.6) is 17.2 Å². The van der Waals surface area contributed by atoms with Crippen molar-refractivity contribution in [2.45, 2.75) is 6.92 Å². The third kappa shape index (κ3) is 4.51. The summed E-state index contributed by atoms with van der Waals surface area (Å²) in [5.74, 6) is 0.967. The number of carbonyl (C=O) groups is 1. The molecule has 2 aromatic carbocycles. The molecular weight excluding hydrogens is 354 g/mol. The molecule has 2 rings (SSSR count). The monoisotopic (exact) mass is 373 g/mol. The summed E-state index contributed by atoms with van der Waals surface area (Å²) in [6.07, 6.45) is 1.40. The first-order valence-corrected chi connectivity index (χ1v) is 7.79. The molecule has 0 bridgehead atoms. The highest BCUT2D eigenvalue weighted by Crippen LogP contribution is 2.33. The van der Waals surface area contributed by atoms with E-state index in [-0.39, 0.29) is 11.3 Å². The molecule has 0 saturated heterocycles. The molecule has 0 spiro atoms. The largest absolute Gasteiger partial charge is 0.496 e. The van der Waals surface area contributed by atoms with Crippen LogP contribution in [0.15, 0.2) is 35.4 Å². The molecule has 0 aliphatic rings. The molecule has 1 N–H and O–H groups in total. The molecule has 2 aromatic rings. The standard InChI is InChI=1S/C18H19N3O6/c1-11-7-12(5-6-14(11)21(23)24)18(22)20-19-10-13-8-16(26-3)17(27-4)9-15(13)25-2/h5-10H,1-4H3,(H,20,22)/b19-10+. The molecule has 9 heteroatoms. The number of methoxy groups -OCH3 is 3. The van der Waals surface area contributed by atoms with Gasteiger partial charge in [-0.25, -0.2) is 5.43 Å². The lowest BCUT2D eigenvalue weighted by Crippen LogP contribution is -2.17. The third-order valence-corrected chi connectivity index (χ3v) is 3.76. The highest BCUT2D eigenvalue weighted by molar-refractivity contribution is 5.95. The van der Waals surface area contributed by atoms with Crippen LogP contribution in [0.25, 0.3) is 0 Å². The maximum absolute atomic E-state index is 12.2. The van der Waals surface area contributed by atoms with Crippen molar-refractivity contribution < 1.29 is 23.9 Å². The van der Waals surface area contributed by atoms with Gasteiger partial charge in [0.1, 0.15) is 5.75 Å². The van der Waals surface area contributed by atoms with Gasteiger partial charge in [0.25, 0.3) is 11.6 Å². The number of hydrazone groups is 1. The van der Waals surface area contributed by atoms with Crippen LogP contribution in [0.1, 0.15) is 21.5 Å². The Bertz CT molecular complexity index is 895. The number of amides is 1. The summed E-state index contributed by atoms with van der Waals surface area (Å²) in [6.45, 7) is 1.56. The zero-order chi connectivity index (χ0) is 20.0. The van der Waals surface area contributed by atoms with Crippen molar-refractivity contribution in [1.29, 1.82) is 0 Å². The Hall–Kier alpha value is -3.62. The molecule has 0 atom stereocenters. The van der Waals surface area contributed by atoms with E-state index < -0.39 is 10.8 Å². The first-order chi connectivity index (χ1) is 12.9. The summed E-state index contributed by atoms with van der Waals surface area (Å²) in [4.78, 5) is 22.5. The Morgan fingerprint density at radius 2 is 1.70 bits per heavy atom. The van der Waals surface area contributed by atoms with Crippen LogP contribution < -0.4 is 19.6 Å². The smallest absolute Gasteiger partial charge is 0.272 e. The summed E-state index contributed by atoms with van der Waals surface area (Å²) in [7, 11) is 4.51. The van der Waals surface area contributed by atoms with Crippen molar-refractivity contribution in [2.75, 3.05) is 21.3 Å². The molecule has 9 nitrogen and oxygen atoms in total. The van der Waals surface area contributed by atoms with E-state index in [1.807, 2.05) is 0 Å². The van der Waals surface area contributed by atoms with Gasteiger partial charge in [0.2, 0.25) is 0 Å². The third-order valence-electron chi connectivity index (χ3n) is 3.76. The fourth-order valence-electron chi connectivity index (χ4n) is 2.38. The predicted molar refractivity (Wildman–Crippen MR) is 99.0 cm³/mol. The van der Waals surface area contributed by atoms with E-state index in [4.69, 9.17) is 14.2 Å². The van der Waals surface area contributed by atoms with Crippen molar-refractivity contribution >= 4 is 17.8 Å². The molecule has 0 aliphatic heterocycles. The maximum Gasteiger partial charge on any atom is 0.272 e. The number of ether oxygens (including phenoxy) is 3. The topological polar surface area (TPSA) is 112 Å². The van der Waals surface area contributed by atoms with E-state index in [1.165, 1.54) is 45.7 Å². The lowest BCUT2D eigenvalue weighted by atomic mass is 10.1. The predicted octanol–water partition coefficient (Wildman–Crippen LogP) is 2.69. The van der Waals surface area contributed by atoms with Gasteiger partial charge in [0, 0.05) is 28.8 Å². The van der Waals surface area contributed by atoms with E-state index >= 15 is 0 Å². The van der Waals surface area contributed by atoms with Gasteiger partial charge in [-0.2, -0.15) is 5.10 Å². The van der Waals surface area contributed by atoms with E-state index in [1.54, 1.807) is 19.1 Å². The van der Waals surface area contributed by atoms with Crippen molar-refractivity contribution in [2.24, 2.45) is 5.10 Å². The van der Waals surface area contributed by atoms with Gasteiger partial charge in [0.15, 0.2) is 11.5 Å². The number of benzene rings is 2. The fraction of sp³-hybridized carbons (Fsp3) is 0.222. The second kappa shape index (κ2) is 8.65. The number of hydrogen-bond donors (Lipinski definition) is 1. The molecule has 0 fully saturated rings. The Morgan fingerprint density at radius 3 is 2.26 bits per heavy atom. The Kier molecular flexibility index (Phi) is 6.32. The Morgan fingerprint density at radius 1 is 1.07 bits per heavy atom. The lowest BCUT2D eigenvalue weighted by molar-refractivity contribution is -0.385. The van der Waals surface area contributed by atoms with Gasteiger partial charge in [-0.1, -0.05) is 0 Å². The number of aryl methyl sites for hydroxylation is 1.